The molecule has 78 heavy (non-hydrogen) atoms. The van der Waals surface area contributed by atoms with Gasteiger partial charge in [0.2, 0.25) is 0 Å². The van der Waals surface area contributed by atoms with Crippen LogP contribution in [0.4, 0.5) is 0 Å². The molecule has 4 heterocycles. The third-order valence-electron chi connectivity index (χ3n) is 16.9. The molecule has 0 saturated heterocycles. The van der Waals surface area contributed by atoms with E-state index in [9.17, 15) is 0 Å². The second-order valence-corrected chi connectivity index (χ2v) is 20.8. The summed E-state index contributed by atoms with van der Waals surface area (Å²) in [5.74, 6) is 0. The Morgan fingerprint density at radius 3 is 1.00 bits per heavy atom. The maximum absolute atomic E-state index is 4.45. The molecule has 4 heteroatoms. The molecule has 0 N–H and O–H groups in total. The van der Waals surface area contributed by atoms with E-state index >= 15 is 0 Å². The van der Waals surface area contributed by atoms with Crippen LogP contribution in [0.15, 0.2) is 267 Å². The van der Waals surface area contributed by atoms with Crippen molar-refractivity contribution in [1.29, 1.82) is 0 Å². The highest BCUT2D eigenvalue weighted by molar-refractivity contribution is 6.11. The molecule has 11 aromatic carbocycles. The molecule has 4 aromatic heterocycles. The molecule has 0 saturated carbocycles. The van der Waals surface area contributed by atoms with E-state index in [2.05, 4.69) is 299 Å². The van der Waals surface area contributed by atoms with Crippen molar-refractivity contribution in [1.82, 2.24) is 18.3 Å². The maximum Gasteiger partial charge on any atom is 0.0716 e. The van der Waals surface area contributed by atoms with Gasteiger partial charge in [-0.1, -0.05) is 183 Å². The lowest BCUT2D eigenvalue weighted by Gasteiger charge is -2.35. The fourth-order valence-corrected chi connectivity index (χ4v) is 13.8. The third kappa shape index (κ3) is 6.05. The Balaban J connectivity index is 1.06. The lowest BCUT2D eigenvalue weighted by molar-refractivity contribution is 0.764. The quantitative estimate of drug-likeness (QED) is 0.145. The van der Waals surface area contributed by atoms with E-state index in [1.807, 2.05) is 6.08 Å². The Morgan fingerprint density at radius 1 is 0.321 bits per heavy atom. The van der Waals surface area contributed by atoms with Gasteiger partial charge in [-0.15, -0.1) is 0 Å². The third-order valence-corrected chi connectivity index (χ3v) is 16.9. The number of nitrogens with zero attached hydrogens (tertiary/aromatic N) is 4. The topological polar surface area (TPSA) is 19.7 Å². The summed E-state index contributed by atoms with van der Waals surface area (Å²) in [5.41, 5.74) is 21.2. The Kier molecular flexibility index (Phi) is 9.58. The predicted molar refractivity (Wildman–Crippen MR) is 328 cm³/mol. The molecule has 1 aliphatic rings. The normalized spacial score (nSPS) is 13.0. The van der Waals surface area contributed by atoms with Crippen LogP contribution in [-0.2, 0) is 5.41 Å². The van der Waals surface area contributed by atoms with Gasteiger partial charge in [-0.2, -0.15) is 0 Å². The number of rotatable bonds is 8. The van der Waals surface area contributed by atoms with Crippen LogP contribution < -0.4 is 0 Å². The van der Waals surface area contributed by atoms with Gasteiger partial charge in [0, 0.05) is 66.0 Å². The highest BCUT2D eigenvalue weighted by atomic mass is 15.0. The summed E-state index contributed by atoms with van der Waals surface area (Å²) < 4.78 is 9.81. The summed E-state index contributed by atoms with van der Waals surface area (Å²) in [4.78, 5) is 0. The minimum absolute atomic E-state index is 0.859. The molecule has 1 aliphatic carbocycles. The van der Waals surface area contributed by atoms with Gasteiger partial charge in [0.1, 0.15) is 0 Å². The summed E-state index contributed by atoms with van der Waals surface area (Å²) in [6.45, 7) is 6.55. The maximum atomic E-state index is 4.45. The molecule has 0 atom stereocenters. The number of hydrogen-bond donors (Lipinski definition) is 0. The highest BCUT2D eigenvalue weighted by Gasteiger charge is 2.47. The van der Waals surface area contributed by atoms with Gasteiger partial charge in [-0.25, -0.2) is 0 Å². The molecular formula is C74H50N4. The summed E-state index contributed by atoms with van der Waals surface area (Å²) >= 11 is 0. The van der Waals surface area contributed by atoms with E-state index in [0.29, 0.717) is 0 Å². The number of benzene rings is 11. The lowest BCUT2D eigenvalue weighted by Crippen LogP contribution is -2.29. The van der Waals surface area contributed by atoms with Gasteiger partial charge >= 0.3 is 0 Å². The molecule has 16 rings (SSSR count). The predicted octanol–water partition coefficient (Wildman–Crippen LogP) is 19.0. The Bertz CT molecular complexity index is 4710. The van der Waals surface area contributed by atoms with Crippen LogP contribution in [0.25, 0.3) is 122 Å². The van der Waals surface area contributed by atoms with Crippen molar-refractivity contribution in [3.63, 3.8) is 0 Å². The van der Waals surface area contributed by atoms with Crippen molar-refractivity contribution < 1.29 is 0 Å². The summed E-state index contributed by atoms with van der Waals surface area (Å²) in [6, 6.07) is 95.1. The minimum Gasteiger partial charge on any atom is -0.309 e. The zero-order valence-electron chi connectivity index (χ0n) is 43.0. The Labute approximate surface area is 451 Å². The van der Waals surface area contributed by atoms with Gasteiger partial charge in [0.25, 0.3) is 0 Å². The average molecular weight is 995 g/mol. The zero-order chi connectivity index (χ0) is 51.6. The first kappa shape index (κ1) is 44.2. The molecule has 4 nitrogen and oxygen atoms in total. The van der Waals surface area contributed by atoms with Crippen molar-refractivity contribution in [2.75, 3.05) is 0 Å². The van der Waals surface area contributed by atoms with Crippen LogP contribution in [0.3, 0.4) is 0 Å². The van der Waals surface area contributed by atoms with Crippen molar-refractivity contribution in [2.24, 2.45) is 0 Å². The molecule has 15 aromatic rings. The van der Waals surface area contributed by atoms with Crippen LogP contribution in [0.2, 0.25) is 0 Å². The minimum atomic E-state index is -0.859. The molecule has 0 bridgehead atoms. The first-order chi connectivity index (χ1) is 38.6. The van der Waals surface area contributed by atoms with E-state index in [1.165, 1.54) is 104 Å². The largest absolute Gasteiger partial charge is 0.309 e. The number of fused-ring (bicyclic) bond motifs is 13. The molecule has 0 amide bonds. The molecule has 0 aliphatic heterocycles. The van der Waals surface area contributed by atoms with Crippen LogP contribution in [-0.4, -0.2) is 18.3 Å². The van der Waals surface area contributed by atoms with Crippen molar-refractivity contribution in [3.05, 3.63) is 301 Å². The first-order valence-electron chi connectivity index (χ1n) is 27.0. The van der Waals surface area contributed by atoms with Gasteiger partial charge in [0.15, 0.2) is 0 Å². The summed E-state index contributed by atoms with van der Waals surface area (Å²) in [7, 11) is 0. The Hall–Kier alpha value is -10.2. The fourth-order valence-electron chi connectivity index (χ4n) is 13.8. The van der Waals surface area contributed by atoms with Gasteiger partial charge in [-0.05, 0) is 137 Å². The van der Waals surface area contributed by atoms with Crippen molar-refractivity contribution in [2.45, 2.75) is 12.3 Å². The smallest absolute Gasteiger partial charge is 0.0716 e. The van der Waals surface area contributed by atoms with E-state index in [-0.39, 0.29) is 0 Å². The zero-order valence-corrected chi connectivity index (χ0v) is 43.0. The second-order valence-electron chi connectivity index (χ2n) is 20.8. The average Bonchev–Trinajstić information content (AvgIpc) is 4.10. The van der Waals surface area contributed by atoms with E-state index in [0.717, 1.165) is 39.5 Å². The monoisotopic (exact) mass is 994 g/mol. The molecule has 0 fully saturated rings. The van der Waals surface area contributed by atoms with Crippen molar-refractivity contribution in [3.8, 4) is 33.9 Å². The van der Waals surface area contributed by atoms with Gasteiger partial charge in [0.05, 0.1) is 49.7 Å². The number of aromatic nitrogens is 4. The van der Waals surface area contributed by atoms with E-state index in [4.69, 9.17) is 0 Å². The van der Waals surface area contributed by atoms with Crippen molar-refractivity contribution >= 4 is 88.5 Å². The second kappa shape index (κ2) is 16.9. The molecule has 0 unspecified atom stereocenters. The van der Waals surface area contributed by atoms with Gasteiger partial charge < -0.3 is 18.3 Å². The van der Waals surface area contributed by atoms with Crippen LogP contribution in [0.5, 0.6) is 0 Å². The van der Waals surface area contributed by atoms with Gasteiger partial charge in [-0.3, -0.25) is 0 Å². The fraction of sp³-hybridized carbons (Fsp3) is 0.0270. The SMILES string of the molecule is C=Cc1c(/C=C\C)c2ccccc2n1-c1ccc2c(c1)C(c1cccc(-n3c4ccccc4c4ccccc43)c1)(c1cccc(-n3c4ccccc4c4ccccc43)c1)c1cc(-n3c4ccccc4c4ccccc43)ccc1-2. The molecule has 0 radical (unpaired) electrons. The number of hydrogen-bond acceptors (Lipinski definition) is 0. The van der Waals surface area contributed by atoms with E-state index < -0.39 is 5.41 Å². The highest BCUT2D eigenvalue weighted by Crippen LogP contribution is 2.58. The summed E-state index contributed by atoms with van der Waals surface area (Å²) in [5, 5.41) is 8.60. The van der Waals surface area contributed by atoms with Crippen LogP contribution in [0.1, 0.15) is 40.4 Å². The molecule has 0 spiro atoms. The van der Waals surface area contributed by atoms with Crippen LogP contribution in [0, 0.1) is 0 Å². The van der Waals surface area contributed by atoms with E-state index in [1.54, 1.807) is 0 Å². The molecular weight excluding hydrogens is 945 g/mol. The first-order valence-corrected chi connectivity index (χ1v) is 27.0. The van der Waals surface area contributed by atoms with Crippen LogP contribution >= 0.6 is 0 Å². The lowest BCUT2D eigenvalue weighted by atomic mass is 9.67. The molecule has 366 valence electrons. The number of para-hydroxylation sites is 7. The number of allylic oxidation sites excluding steroid dienone is 1. The summed E-state index contributed by atoms with van der Waals surface area (Å²) in [6.07, 6.45) is 6.37. The standard InChI is InChI=1S/C74H50N4/c1-3-21-56-57-26-5-12-33-67(57)75(66(56)4-2)52-40-42-54-55-43-41-53(78-72-38-17-10-31-62(72)63-32-11-18-39-73(63)78)47-65(55)74(64(54)46-52,48-22-19-24-50(44-48)76-68-34-13-6-27-58(68)59-28-7-14-35-69(59)76)49-23-20-25-51(45-49)77-70-36-15-8-29-60(70)61-30-9-16-37-71(61)77/h3-47H,2H2,1H3/b21-3-. The Morgan fingerprint density at radius 2 is 0.641 bits per heavy atom.